The quantitative estimate of drug-likeness (QED) is 0.797. The topological polar surface area (TPSA) is 21.3 Å². The SMILES string of the molecule is CCNC(C)c1ccc(Br)cc1OCCC(C)C. The van der Waals surface area contributed by atoms with E-state index in [0.717, 1.165) is 29.8 Å². The summed E-state index contributed by atoms with van der Waals surface area (Å²) < 4.78 is 6.99. The summed E-state index contributed by atoms with van der Waals surface area (Å²) >= 11 is 3.50. The molecule has 1 aromatic rings. The Morgan fingerprint density at radius 2 is 2.00 bits per heavy atom. The van der Waals surface area contributed by atoms with Crippen molar-refractivity contribution in [1.82, 2.24) is 5.32 Å². The van der Waals surface area contributed by atoms with E-state index in [1.54, 1.807) is 0 Å². The van der Waals surface area contributed by atoms with Crippen LogP contribution in [-0.2, 0) is 0 Å². The monoisotopic (exact) mass is 313 g/mol. The molecule has 0 aliphatic heterocycles. The van der Waals surface area contributed by atoms with Gasteiger partial charge in [0.2, 0.25) is 0 Å². The molecule has 1 rings (SSSR count). The molecule has 0 aliphatic rings. The Kier molecular flexibility index (Phi) is 6.72. The van der Waals surface area contributed by atoms with E-state index < -0.39 is 0 Å². The molecule has 1 unspecified atom stereocenters. The molecule has 0 bridgehead atoms. The molecule has 0 saturated heterocycles. The summed E-state index contributed by atoms with van der Waals surface area (Å²) in [4.78, 5) is 0. The van der Waals surface area contributed by atoms with E-state index in [-0.39, 0.29) is 0 Å². The predicted molar refractivity (Wildman–Crippen MR) is 81.2 cm³/mol. The van der Waals surface area contributed by atoms with Gasteiger partial charge < -0.3 is 10.1 Å². The van der Waals surface area contributed by atoms with Gasteiger partial charge in [-0.2, -0.15) is 0 Å². The number of hydrogen-bond donors (Lipinski definition) is 1. The van der Waals surface area contributed by atoms with Crippen molar-refractivity contribution in [3.63, 3.8) is 0 Å². The lowest BCUT2D eigenvalue weighted by Crippen LogP contribution is -2.18. The van der Waals surface area contributed by atoms with Crippen molar-refractivity contribution in [2.75, 3.05) is 13.2 Å². The summed E-state index contributed by atoms with van der Waals surface area (Å²) in [5.74, 6) is 1.66. The van der Waals surface area contributed by atoms with Gasteiger partial charge in [0, 0.05) is 16.1 Å². The smallest absolute Gasteiger partial charge is 0.125 e. The highest BCUT2D eigenvalue weighted by Crippen LogP contribution is 2.29. The highest BCUT2D eigenvalue weighted by Gasteiger charge is 2.11. The van der Waals surface area contributed by atoms with Gasteiger partial charge in [-0.3, -0.25) is 0 Å². The maximum atomic E-state index is 5.93. The molecule has 0 aliphatic carbocycles. The first-order valence-electron chi connectivity index (χ1n) is 6.70. The number of rotatable bonds is 7. The number of nitrogens with one attached hydrogen (secondary N) is 1. The maximum absolute atomic E-state index is 5.93. The van der Waals surface area contributed by atoms with Crippen LogP contribution in [0.2, 0.25) is 0 Å². The lowest BCUT2D eigenvalue weighted by Gasteiger charge is -2.18. The third kappa shape index (κ3) is 4.99. The predicted octanol–water partition coefficient (Wildman–Crippen LogP) is 4.54. The second kappa shape index (κ2) is 7.80. The van der Waals surface area contributed by atoms with E-state index in [2.05, 4.69) is 67.1 Å². The highest BCUT2D eigenvalue weighted by molar-refractivity contribution is 9.10. The number of hydrogen-bond acceptors (Lipinski definition) is 2. The van der Waals surface area contributed by atoms with Gasteiger partial charge in [0.1, 0.15) is 5.75 Å². The number of halogens is 1. The van der Waals surface area contributed by atoms with Gasteiger partial charge in [-0.25, -0.2) is 0 Å². The first kappa shape index (κ1) is 15.5. The van der Waals surface area contributed by atoms with Crippen molar-refractivity contribution in [3.05, 3.63) is 28.2 Å². The molecular weight excluding hydrogens is 290 g/mol. The minimum Gasteiger partial charge on any atom is -0.493 e. The Morgan fingerprint density at radius 3 is 2.61 bits per heavy atom. The molecule has 0 radical (unpaired) electrons. The zero-order chi connectivity index (χ0) is 13.5. The van der Waals surface area contributed by atoms with Gasteiger partial charge in [-0.1, -0.05) is 42.8 Å². The second-order valence-electron chi connectivity index (χ2n) is 4.99. The minimum absolute atomic E-state index is 0.317. The minimum atomic E-state index is 0.317. The Balaban J connectivity index is 2.76. The molecule has 0 aromatic heterocycles. The van der Waals surface area contributed by atoms with Crippen molar-refractivity contribution in [1.29, 1.82) is 0 Å². The summed E-state index contributed by atoms with van der Waals surface area (Å²) in [6, 6.07) is 6.57. The van der Waals surface area contributed by atoms with Crippen LogP contribution in [0.25, 0.3) is 0 Å². The van der Waals surface area contributed by atoms with Crippen LogP contribution < -0.4 is 10.1 Å². The number of ether oxygens (including phenoxy) is 1. The van der Waals surface area contributed by atoms with Crippen LogP contribution in [0.5, 0.6) is 5.75 Å². The molecule has 1 aromatic carbocycles. The summed E-state index contributed by atoms with van der Waals surface area (Å²) in [5.41, 5.74) is 1.23. The molecule has 0 heterocycles. The summed E-state index contributed by atoms with van der Waals surface area (Å²) in [6.07, 6.45) is 1.08. The van der Waals surface area contributed by atoms with E-state index in [1.165, 1.54) is 5.56 Å². The molecule has 18 heavy (non-hydrogen) atoms. The van der Waals surface area contributed by atoms with Gasteiger partial charge in [-0.15, -0.1) is 0 Å². The zero-order valence-corrected chi connectivity index (χ0v) is 13.4. The second-order valence-corrected chi connectivity index (χ2v) is 5.91. The van der Waals surface area contributed by atoms with E-state index in [4.69, 9.17) is 4.74 Å². The average Bonchev–Trinajstić information content (AvgIpc) is 2.29. The molecule has 0 amide bonds. The Hall–Kier alpha value is -0.540. The van der Waals surface area contributed by atoms with Crippen LogP contribution >= 0.6 is 15.9 Å². The lowest BCUT2D eigenvalue weighted by atomic mass is 10.1. The first-order chi connectivity index (χ1) is 8.54. The van der Waals surface area contributed by atoms with E-state index in [0.29, 0.717) is 12.0 Å². The average molecular weight is 314 g/mol. The van der Waals surface area contributed by atoms with Crippen molar-refractivity contribution >= 4 is 15.9 Å². The molecular formula is C15H24BrNO. The zero-order valence-electron chi connectivity index (χ0n) is 11.8. The standard InChI is InChI=1S/C15H24BrNO/c1-5-17-12(4)14-7-6-13(16)10-15(14)18-9-8-11(2)3/h6-7,10-12,17H,5,8-9H2,1-4H3. The van der Waals surface area contributed by atoms with E-state index >= 15 is 0 Å². The Labute approximate surface area is 119 Å². The van der Waals surface area contributed by atoms with Crippen molar-refractivity contribution < 1.29 is 4.74 Å². The van der Waals surface area contributed by atoms with Crippen molar-refractivity contribution in [2.24, 2.45) is 5.92 Å². The Bertz CT molecular complexity index is 366. The van der Waals surface area contributed by atoms with Gasteiger partial charge >= 0.3 is 0 Å². The fraction of sp³-hybridized carbons (Fsp3) is 0.600. The van der Waals surface area contributed by atoms with Crippen molar-refractivity contribution in [2.45, 2.75) is 40.2 Å². The van der Waals surface area contributed by atoms with Crippen LogP contribution in [0.3, 0.4) is 0 Å². The Morgan fingerprint density at radius 1 is 1.28 bits per heavy atom. The first-order valence-corrected chi connectivity index (χ1v) is 7.49. The van der Waals surface area contributed by atoms with Crippen LogP contribution in [0, 0.1) is 5.92 Å². The molecule has 0 saturated carbocycles. The highest BCUT2D eigenvalue weighted by atomic mass is 79.9. The fourth-order valence-electron chi connectivity index (χ4n) is 1.81. The molecule has 0 fully saturated rings. The molecule has 1 N–H and O–H groups in total. The molecule has 0 spiro atoms. The van der Waals surface area contributed by atoms with Gasteiger partial charge in [0.25, 0.3) is 0 Å². The third-order valence-corrected chi connectivity index (χ3v) is 3.40. The van der Waals surface area contributed by atoms with E-state index in [9.17, 15) is 0 Å². The molecule has 3 heteroatoms. The van der Waals surface area contributed by atoms with Gasteiger partial charge in [0.05, 0.1) is 6.61 Å². The summed E-state index contributed by atoms with van der Waals surface area (Å²) in [6.45, 7) is 10.5. The normalized spacial score (nSPS) is 12.8. The lowest BCUT2D eigenvalue weighted by molar-refractivity contribution is 0.284. The van der Waals surface area contributed by atoms with Crippen LogP contribution in [-0.4, -0.2) is 13.2 Å². The van der Waals surface area contributed by atoms with Crippen LogP contribution in [0.4, 0.5) is 0 Å². The largest absolute Gasteiger partial charge is 0.493 e. The summed E-state index contributed by atoms with van der Waals surface area (Å²) in [5, 5.41) is 3.43. The molecule has 102 valence electrons. The fourth-order valence-corrected chi connectivity index (χ4v) is 2.15. The number of benzene rings is 1. The van der Waals surface area contributed by atoms with Gasteiger partial charge in [0.15, 0.2) is 0 Å². The summed E-state index contributed by atoms with van der Waals surface area (Å²) in [7, 11) is 0. The third-order valence-electron chi connectivity index (χ3n) is 2.91. The molecule has 1 atom stereocenters. The van der Waals surface area contributed by atoms with Crippen molar-refractivity contribution in [3.8, 4) is 5.75 Å². The molecule has 2 nitrogen and oxygen atoms in total. The van der Waals surface area contributed by atoms with Crippen LogP contribution in [0.15, 0.2) is 22.7 Å². The van der Waals surface area contributed by atoms with Gasteiger partial charge in [-0.05, 0) is 37.9 Å². The van der Waals surface area contributed by atoms with E-state index in [1.807, 2.05) is 0 Å². The maximum Gasteiger partial charge on any atom is 0.125 e. The van der Waals surface area contributed by atoms with Crippen LogP contribution in [0.1, 0.15) is 45.7 Å².